The summed E-state index contributed by atoms with van der Waals surface area (Å²) in [5.41, 5.74) is 7.25. The molecule has 3 rings (SSSR count). The summed E-state index contributed by atoms with van der Waals surface area (Å²) in [6.45, 7) is 4.48. The first-order valence-corrected chi connectivity index (χ1v) is 9.22. The summed E-state index contributed by atoms with van der Waals surface area (Å²) in [7, 11) is 3.38. The highest BCUT2D eigenvalue weighted by atomic mass is 32.2. The maximum Gasteiger partial charge on any atom is 0.161 e. The lowest BCUT2D eigenvalue weighted by Crippen LogP contribution is -2.01. The third-order valence-corrected chi connectivity index (χ3v) is 5.82. The molecule has 1 unspecified atom stereocenters. The van der Waals surface area contributed by atoms with Gasteiger partial charge in [-0.15, -0.1) is 11.8 Å². The van der Waals surface area contributed by atoms with Crippen molar-refractivity contribution in [2.75, 3.05) is 20.5 Å². The van der Waals surface area contributed by atoms with Gasteiger partial charge in [0.05, 0.1) is 14.2 Å². The van der Waals surface area contributed by atoms with Crippen molar-refractivity contribution in [2.45, 2.75) is 37.5 Å². The molecule has 0 fully saturated rings. The molecule has 0 saturated heterocycles. The first-order valence-electron chi connectivity index (χ1n) is 7.99. The number of hydrogen-bond donors (Lipinski definition) is 0. The second kappa shape index (κ2) is 6.48. The van der Waals surface area contributed by atoms with Gasteiger partial charge in [-0.3, -0.25) is 0 Å². The van der Waals surface area contributed by atoms with E-state index in [2.05, 4.69) is 38.3 Å². The summed E-state index contributed by atoms with van der Waals surface area (Å²) in [5.74, 6) is 2.05. The number of benzene rings is 2. The fourth-order valence-electron chi connectivity index (χ4n) is 3.68. The highest BCUT2D eigenvalue weighted by Gasteiger charge is 2.29. The number of hydrogen-bond acceptors (Lipinski definition) is 3. The van der Waals surface area contributed by atoms with Crippen LogP contribution in [0.2, 0.25) is 0 Å². The molecule has 1 aliphatic carbocycles. The third-order valence-electron chi connectivity index (χ3n) is 5.04. The van der Waals surface area contributed by atoms with Crippen LogP contribution >= 0.6 is 11.8 Å². The lowest BCUT2D eigenvalue weighted by molar-refractivity contribution is 0.354. The first-order chi connectivity index (χ1) is 11.1. The Kier molecular flexibility index (Phi) is 4.58. The number of methoxy groups -OCH3 is 2. The van der Waals surface area contributed by atoms with Crippen molar-refractivity contribution in [3.05, 3.63) is 52.1 Å². The van der Waals surface area contributed by atoms with Crippen LogP contribution in [0.5, 0.6) is 11.5 Å². The van der Waals surface area contributed by atoms with Gasteiger partial charge < -0.3 is 9.47 Å². The van der Waals surface area contributed by atoms with Crippen molar-refractivity contribution < 1.29 is 9.47 Å². The minimum atomic E-state index is 0.451. The molecule has 0 radical (unpaired) electrons. The quantitative estimate of drug-likeness (QED) is 0.726. The Balaban J connectivity index is 2.11. The van der Waals surface area contributed by atoms with E-state index in [-0.39, 0.29) is 0 Å². The summed E-state index contributed by atoms with van der Waals surface area (Å²) in [4.78, 5) is 1.42. The van der Waals surface area contributed by atoms with E-state index in [1.54, 1.807) is 19.8 Å². The molecule has 0 amide bonds. The van der Waals surface area contributed by atoms with Gasteiger partial charge in [-0.1, -0.05) is 6.07 Å². The van der Waals surface area contributed by atoms with Crippen molar-refractivity contribution >= 4 is 11.8 Å². The summed E-state index contributed by atoms with van der Waals surface area (Å²) >= 11 is 1.86. The van der Waals surface area contributed by atoms with E-state index < -0.39 is 0 Å². The van der Waals surface area contributed by atoms with Gasteiger partial charge in [0.25, 0.3) is 0 Å². The van der Waals surface area contributed by atoms with Gasteiger partial charge in [0.15, 0.2) is 11.5 Å². The highest BCUT2D eigenvalue weighted by molar-refractivity contribution is 7.98. The second-order valence-electron chi connectivity index (χ2n) is 6.12. The Morgan fingerprint density at radius 1 is 1.04 bits per heavy atom. The molecule has 2 nitrogen and oxygen atoms in total. The maximum absolute atomic E-state index is 5.49. The normalized spacial score (nSPS) is 16.3. The van der Waals surface area contributed by atoms with Gasteiger partial charge in [0.2, 0.25) is 0 Å². The van der Waals surface area contributed by atoms with E-state index in [4.69, 9.17) is 9.47 Å². The van der Waals surface area contributed by atoms with Crippen LogP contribution in [0.25, 0.3) is 0 Å². The fourth-order valence-corrected chi connectivity index (χ4v) is 4.46. The monoisotopic (exact) mass is 328 g/mol. The second-order valence-corrected chi connectivity index (χ2v) is 6.97. The molecular weight excluding hydrogens is 304 g/mol. The number of aryl methyl sites for hydroxylation is 1. The van der Waals surface area contributed by atoms with E-state index in [0.717, 1.165) is 17.9 Å². The standard InChI is InChI=1S/C20H24O2S/c1-12-10-19(23-5)20-15(13(12)2)7-8-16(20)14-6-9-17(21-3)18(11-14)22-4/h6,9-11,16H,7-8H2,1-5H3. The van der Waals surface area contributed by atoms with Gasteiger partial charge in [-0.2, -0.15) is 0 Å². The average molecular weight is 328 g/mol. The molecule has 3 heteroatoms. The van der Waals surface area contributed by atoms with Crippen LogP contribution in [0.15, 0.2) is 29.2 Å². The average Bonchev–Trinajstić information content (AvgIpc) is 3.02. The Morgan fingerprint density at radius 2 is 1.78 bits per heavy atom. The lowest BCUT2D eigenvalue weighted by atomic mass is 9.90. The van der Waals surface area contributed by atoms with E-state index >= 15 is 0 Å². The van der Waals surface area contributed by atoms with Crippen molar-refractivity contribution in [2.24, 2.45) is 0 Å². The SMILES string of the molecule is COc1ccc(C2CCc3c(C)c(C)cc(SC)c32)cc1OC. The molecule has 0 heterocycles. The summed E-state index contributed by atoms with van der Waals surface area (Å²) in [6.07, 6.45) is 4.51. The molecule has 23 heavy (non-hydrogen) atoms. The van der Waals surface area contributed by atoms with Gasteiger partial charge in [-0.25, -0.2) is 0 Å². The van der Waals surface area contributed by atoms with Crippen molar-refractivity contribution in [1.29, 1.82) is 0 Å². The Labute approximate surface area is 143 Å². The number of ether oxygens (including phenoxy) is 2. The predicted octanol–water partition coefficient (Wildman–Crippen LogP) is 5.12. The molecule has 0 N–H and O–H groups in total. The van der Waals surface area contributed by atoms with Gasteiger partial charge >= 0.3 is 0 Å². The van der Waals surface area contributed by atoms with Crippen LogP contribution < -0.4 is 9.47 Å². The van der Waals surface area contributed by atoms with Gasteiger partial charge in [0.1, 0.15) is 0 Å². The largest absolute Gasteiger partial charge is 0.493 e. The molecule has 122 valence electrons. The molecule has 1 aliphatic rings. The minimum Gasteiger partial charge on any atom is -0.493 e. The third kappa shape index (κ3) is 2.72. The Bertz CT molecular complexity index is 737. The Morgan fingerprint density at radius 3 is 2.43 bits per heavy atom. The molecule has 0 spiro atoms. The number of thioether (sulfide) groups is 1. The van der Waals surface area contributed by atoms with Crippen LogP contribution in [0.4, 0.5) is 0 Å². The van der Waals surface area contributed by atoms with E-state index in [1.165, 1.54) is 33.6 Å². The van der Waals surface area contributed by atoms with Crippen LogP contribution in [0.3, 0.4) is 0 Å². The summed E-state index contributed by atoms with van der Waals surface area (Å²) in [5, 5.41) is 0. The molecule has 2 aromatic carbocycles. The highest BCUT2D eigenvalue weighted by Crippen LogP contribution is 2.46. The van der Waals surface area contributed by atoms with E-state index in [1.807, 2.05) is 17.8 Å². The van der Waals surface area contributed by atoms with Gasteiger partial charge in [0, 0.05) is 10.8 Å². The molecule has 0 aliphatic heterocycles. The number of rotatable bonds is 4. The van der Waals surface area contributed by atoms with Crippen molar-refractivity contribution in [1.82, 2.24) is 0 Å². The lowest BCUT2D eigenvalue weighted by Gasteiger charge is -2.19. The fraction of sp³-hybridized carbons (Fsp3) is 0.400. The summed E-state index contributed by atoms with van der Waals surface area (Å²) < 4.78 is 10.9. The zero-order chi connectivity index (χ0) is 16.6. The topological polar surface area (TPSA) is 18.5 Å². The molecule has 0 bridgehead atoms. The van der Waals surface area contributed by atoms with E-state index in [9.17, 15) is 0 Å². The minimum absolute atomic E-state index is 0.451. The van der Waals surface area contributed by atoms with Crippen LogP contribution in [-0.2, 0) is 6.42 Å². The van der Waals surface area contributed by atoms with Crippen LogP contribution in [0.1, 0.15) is 40.2 Å². The van der Waals surface area contributed by atoms with Gasteiger partial charge in [-0.05, 0) is 79.0 Å². The zero-order valence-electron chi connectivity index (χ0n) is 14.5. The molecular formula is C20H24O2S. The van der Waals surface area contributed by atoms with Crippen LogP contribution in [-0.4, -0.2) is 20.5 Å². The molecule has 0 saturated carbocycles. The van der Waals surface area contributed by atoms with E-state index in [0.29, 0.717) is 5.92 Å². The number of fused-ring (bicyclic) bond motifs is 1. The summed E-state index contributed by atoms with van der Waals surface area (Å²) in [6, 6.07) is 8.68. The maximum atomic E-state index is 5.49. The molecule has 1 atom stereocenters. The zero-order valence-corrected chi connectivity index (χ0v) is 15.3. The Hall–Kier alpha value is -1.61. The van der Waals surface area contributed by atoms with Crippen LogP contribution in [0, 0.1) is 13.8 Å². The van der Waals surface area contributed by atoms with Crippen molar-refractivity contribution in [3.8, 4) is 11.5 Å². The first kappa shape index (κ1) is 16.3. The predicted molar refractivity (Wildman–Crippen MR) is 97.4 cm³/mol. The van der Waals surface area contributed by atoms with Crippen molar-refractivity contribution in [3.63, 3.8) is 0 Å². The molecule has 2 aromatic rings. The molecule has 0 aromatic heterocycles. The smallest absolute Gasteiger partial charge is 0.161 e.